The minimum absolute atomic E-state index is 0.0828. The van der Waals surface area contributed by atoms with Gasteiger partial charge in [0.15, 0.2) is 0 Å². The molecule has 2 aromatic carbocycles. The lowest BCUT2D eigenvalue weighted by atomic mass is 9.81. The summed E-state index contributed by atoms with van der Waals surface area (Å²) in [6.07, 6.45) is 9.41. The Bertz CT molecular complexity index is 2100. The number of rotatable bonds is 8. The molecule has 1 aliphatic carbocycles. The third-order valence-corrected chi connectivity index (χ3v) is 11.6. The largest absolute Gasteiger partial charge is 0.497 e. The predicted octanol–water partition coefficient (Wildman–Crippen LogP) is 5.14. The van der Waals surface area contributed by atoms with E-state index in [-0.39, 0.29) is 11.5 Å². The number of morpholine rings is 1. The van der Waals surface area contributed by atoms with E-state index in [9.17, 15) is 18.0 Å². The summed E-state index contributed by atoms with van der Waals surface area (Å²) in [4.78, 5) is 29.3. The number of hydrogen-bond donors (Lipinski definition) is 1. The first-order valence-corrected chi connectivity index (χ1v) is 18.8. The number of methoxy groups -OCH3 is 1. The number of nitrogens with zero attached hydrogens (tertiary/aromatic N) is 5. The zero-order chi connectivity index (χ0) is 35.2. The van der Waals surface area contributed by atoms with Gasteiger partial charge < -0.3 is 18.9 Å². The summed E-state index contributed by atoms with van der Waals surface area (Å²) in [6.45, 7) is 4.98. The molecule has 0 radical (unpaired) electrons. The van der Waals surface area contributed by atoms with Crippen molar-refractivity contribution < 1.29 is 27.5 Å². The van der Waals surface area contributed by atoms with Crippen LogP contribution < -0.4 is 9.46 Å². The molecule has 3 aliphatic rings. The van der Waals surface area contributed by atoms with Crippen molar-refractivity contribution in [1.29, 1.82) is 0 Å². The highest BCUT2D eigenvalue weighted by atomic mass is 32.2. The SMILES string of the molecule is CCn1ncc(C(=O)N2CCOCC2)c1C1=Cc2cc(OC)ccc2-c2c(C3CCCCC3)c3ccc(C(=O)NS(=O)(=O)N(C)C)cc3n2C1. The van der Waals surface area contributed by atoms with Gasteiger partial charge in [-0.1, -0.05) is 25.3 Å². The number of hydrogen-bond acceptors (Lipinski definition) is 7. The van der Waals surface area contributed by atoms with Crippen LogP contribution in [0, 0.1) is 0 Å². The van der Waals surface area contributed by atoms with Gasteiger partial charge in [0.25, 0.3) is 11.8 Å². The Labute approximate surface area is 292 Å². The first-order chi connectivity index (χ1) is 24.1. The van der Waals surface area contributed by atoms with Crippen molar-refractivity contribution in [2.75, 3.05) is 47.5 Å². The molecule has 13 heteroatoms. The molecule has 50 heavy (non-hydrogen) atoms. The van der Waals surface area contributed by atoms with Crippen molar-refractivity contribution in [3.05, 3.63) is 70.5 Å². The fourth-order valence-electron chi connectivity index (χ4n) is 7.65. The van der Waals surface area contributed by atoms with Gasteiger partial charge in [-0.2, -0.15) is 17.8 Å². The molecule has 7 rings (SSSR count). The standard InChI is InChI=1S/C37H44N6O6S/c1-5-43-34(31(22-38-43)37(45)41-15-17-49-18-16-41)27-19-26-20-28(48-4)12-14-29(26)35-33(24-9-7-6-8-10-24)30-13-11-25(21-32(30)42(35)23-27)36(44)39-50(46,47)40(2)3/h11-14,19-22,24H,5-10,15-18,23H2,1-4H3,(H,39,44). The average Bonchev–Trinajstić information content (AvgIpc) is 3.65. The Morgan fingerprint density at radius 1 is 1.04 bits per heavy atom. The molecule has 2 aliphatic heterocycles. The molecule has 12 nitrogen and oxygen atoms in total. The highest BCUT2D eigenvalue weighted by molar-refractivity contribution is 7.87. The predicted molar refractivity (Wildman–Crippen MR) is 192 cm³/mol. The van der Waals surface area contributed by atoms with Crippen LogP contribution in [0.1, 0.15) is 82.5 Å². The van der Waals surface area contributed by atoms with Crippen molar-refractivity contribution in [2.24, 2.45) is 0 Å². The molecule has 4 heterocycles. The van der Waals surface area contributed by atoms with E-state index in [1.165, 1.54) is 26.1 Å². The van der Waals surface area contributed by atoms with Crippen LogP contribution in [-0.4, -0.2) is 91.3 Å². The van der Waals surface area contributed by atoms with E-state index in [0.717, 1.165) is 74.7 Å². The molecule has 2 fully saturated rings. The highest BCUT2D eigenvalue weighted by Crippen LogP contribution is 2.48. The molecule has 4 aromatic rings. The molecule has 1 N–H and O–H groups in total. The Hall–Kier alpha value is -4.46. The van der Waals surface area contributed by atoms with Crippen molar-refractivity contribution in [3.63, 3.8) is 0 Å². The minimum Gasteiger partial charge on any atom is -0.497 e. The number of aryl methyl sites for hydroxylation is 1. The first kappa shape index (κ1) is 34.0. The van der Waals surface area contributed by atoms with Gasteiger partial charge in [0.05, 0.1) is 50.0 Å². The van der Waals surface area contributed by atoms with Crippen LogP contribution in [-0.2, 0) is 28.0 Å². The number of nitrogens with one attached hydrogen (secondary N) is 1. The van der Waals surface area contributed by atoms with E-state index in [4.69, 9.17) is 9.47 Å². The number of fused-ring (bicyclic) bond motifs is 5. The molecule has 0 unspecified atom stereocenters. The summed E-state index contributed by atoms with van der Waals surface area (Å²) in [5.41, 5.74) is 7.54. The van der Waals surface area contributed by atoms with Gasteiger partial charge in [-0.25, -0.2) is 4.72 Å². The van der Waals surface area contributed by atoms with Crippen molar-refractivity contribution in [2.45, 2.75) is 58.0 Å². The molecule has 1 saturated carbocycles. The number of benzene rings is 2. The number of ether oxygens (including phenoxy) is 2. The molecule has 2 aromatic heterocycles. The van der Waals surface area contributed by atoms with Gasteiger partial charge in [0.2, 0.25) is 0 Å². The Morgan fingerprint density at radius 2 is 1.80 bits per heavy atom. The van der Waals surface area contributed by atoms with Crippen LogP contribution in [0.25, 0.3) is 33.8 Å². The minimum atomic E-state index is -4.00. The topological polar surface area (TPSA) is 128 Å². The van der Waals surface area contributed by atoms with E-state index < -0.39 is 16.1 Å². The maximum absolute atomic E-state index is 14.0. The smallest absolute Gasteiger partial charge is 0.303 e. The lowest BCUT2D eigenvalue weighted by molar-refractivity contribution is 0.0302. The molecule has 2 amide bonds. The normalized spacial score (nSPS) is 16.9. The lowest BCUT2D eigenvalue weighted by Gasteiger charge is -2.27. The number of carbonyl (C=O) groups excluding carboxylic acids is 2. The van der Waals surface area contributed by atoms with E-state index in [2.05, 4.69) is 26.5 Å². The molecule has 264 valence electrons. The summed E-state index contributed by atoms with van der Waals surface area (Å²) >= 11 is 0. The summed E-state index contributed by atoms with van der Waals surface area (Å²) in [5, 5.41) is 5.72. The maximum Gasteiger partial charge on any atom is 0.303 e. The molecular formula is C37H44N6O6S. The van der Waals surface area contributed by atoms with E-state index >= 15 is 0 Å². The fourth-order valence-corrected chi connectivity index (χ4v) is 8.19. The molecule has 0 spiro atoms. The van der Waals surface area contributed by atoms with Crippen molar-refractivity contribution in [1.82, 2.24) is 28.3 Å². The van der Waals surface area contributed by atoms with Crippen LogP contribution in [0.3, 0.4) is 0 Å². The van der Waals surface area contributed by atoms with Gasteiger partial charge in [0, 0.05) is 55.8 Å². The quantitative estimate of drug-likeness (QED) is 0.270. The zero-order valence-corrected chi connectivity index (χ0v) is 29.9. The van der Waals surface area contributed by atoms with Gasteiger partial charge in [-0.15, -0.1) is 0 Å². The highest BCUT2D eigenvalue weighted by Gasteiger charge is 2.32. The molecule has 0 bridgehead atoms. The van der Waals surface area contributed by atoms with E-state index in [1.54, 1.807) is 25.4 Å². The third-order valence-electron chi connectivity index (χ3n) is 10.2. The Kier molecular flexibility index (Phi) is 9.31. The fraction of sp³-hybridized carbons (Fsp3) is 0.432. The number of carbonyl (C=O) groups is 2. The van der Waals surface area contributed by atoms with Crippen LogP contribution >= 0.6 is 0 Å². The second-order valence-corrected chi connectivity index (χ2v) is 15.3. The number of amides is 2. The second-order valence-electron chi connectivity index (χ2n) is 13.4. The monoisotopic (exact) mass is 700 g/mol. The number of aromatic nitrogens is 3. The average molecular weight is 701 g/mol. The summed E-state index contributed by atoms with van der Waals surface area (Å²) < 4.78 is 43.8. The third kappa shape index (κ3) is 6.11. The van der Waals surface area contributed by atoms with Crippen LogP contribution in [0.2, 0.25) is 0 Å². The molecule has 0 atom stereocenters. The maximum atomic E-state index is 14.0. The van der Waals surface area contributed by atoms with Gasteiger partial charge >= 0.3 is 10.2 Å². The van der Waals surface area contributed by atoms with E-state index in [1.807, 2.05) is 34.7 Å². The molecule has 1 saturated heterocycles. The Balaban J connectivity index is 1.46. The van der Waals surface area contributed by atoms with Crippen LogP contribution in [0.15, 0.2) is 42.6 Å². The Morgan fingerprint density at radius 3 is 2.50 bits per heavy atom. The summed E-state index contributed by atoms with van der Waals surface area (Å²) in [5.74, 6) is 0.248. The molecular weight excluding hydrogens is 657 g/mol. The van der Waals surface area contributed by atoms with E-state index in [0.29, 0.717) is 50.9 Å². The lowest BCUT2D eigenvalue weighted by Crippen LogP contribution is -2.41. The summed E-state index contributed by atoms with van der Waals surface area (Å²) in [6, 6.07) is 11.6. The van der Waals surface area contributed by atoms with Crippen LogP contribution in [0.4, 0.5) is 0 Å². The van der Waals surface area contributed by atoms with Gasteiger partial charge in [0.1, 0.15) is 5.75 Å². The van der Waals surface area contributed by atoms with Gasteiger partial charge in [-0.3, -0.25) is 14.3 Å². The van der Waals surface area contributed by atoms with Crippen LogP contribution in [0.5, 0.6) is 5.75 Å². The summed E-state index contributed by atoms with van der Waals surface area (Å²) in [7, 11) is 0.411. The number of allylic oxidation sites excluding steroid dienone is 1. The van der Waals surface area contributed by atoms with Gasteiger partial charge in [-0.05, 0) is 78.8 Å². The zero-order valence-electron chi connectivity index (χ0n) is 29.1. The first-order valence-electron chi connectivity index (χ1n) is 17.3. The van der Waals surface area contributed by atoms with Crippen molar-refractivity contribution in [3.8, 4) is 17.0 Å². The second kappa shape index (κ2) is 13.7. The van der Waals surface area contributed by atoms with Crippen molar-refractivity contribution >= 4 is 44.6 Å².